The Balaban J connectivity index is 2.12. The molecular formula is C14H18O6. The number of aliphatic hydroxyl groups excluding tert-OH is 3. The summed E-state index contributed by atoms with van der Waals surface area (Å²) in [6.45, 7) is 3.35. The lowest BCUT2D eigenvalue weighted by Crippen LogP contribution is -2.54. The molecule has 1 fully saturated rings. The summed E-state index contributed by atoms with van der Waals surface area (Å²) in [5.41, 5.74) is 1.91. The zero-order valence-electron chi connectivity index (χ0n) is 11.3. The van der Waals surface area contributed by atoms with Crippen LogP contribution in [-0.2, 0) is 9.47 Å². The minimum absolute atomic E-state index is 0.205. The highest BCUT2D eigenvalue weighted by atomic mass is 16.7. The van der Waals surface area contributed by atoms with Crippen LogP contribution in [0.2, 0.25) is 0 Å². The first-order valence-corrected chi connectivity index (χ1v) is 6.35. The Bertz CT molecular complexity index is 480. The van der Waals surface area contributed by atoms with Gasteiger partial charge in [0.05, 0.1) is 12.2 Å². The van der Waals surface area contributed by atoms with Crippen molar-refractivity contribution in [2.75, 3.05) is 6.61 Å². The first-order chi connectivity index (χ1) is 9.41. The van der Waals surface area contributed by atoms with Gasteiger partial charge >= 0.3 is 5.97 Å². The molecule has 0 aliphatic carbocycles. The monoisotopic (exact) mass is 282 g/mol. The van der Waals surface area contributed by atoms with Crippen molar-refractivity contribution < 1.29 is 29.6 Å². The SMILES string of the molecule is Cc1cccc(C)c1C(=O)O[C@@H]1OC[C@@H](O)[C@H](O)[C@H]1O. The molecule has 0 spiro atoms. The summed E-state index contributed by atoms with van der Waals surface area (Å²) >= 11 is 0. The van der Waals surface area contributed by atoms with E-state index >= 15 is 0 Å². The van der Waals surface area contributed by atoms with Gasteiger partial charge in [-0.25, -0.2) is 4.79 Å². The fraction of sp³-hybridized carbons (Fsp3) is 0.500. The smallest absolute Gasteiger partial charge is 0.341 e. The van der Waals surface area contributed by atoms with Crippen LogP contribution in [0.1, 0.15) is 21.5 Å². The van der Waals surface area contributed by atoms with Crippen molar-refractivity contribution in [2.24, 2.45) is 0 Å². The second-order valence-corrected chi connectivity index (χ2v) is 4.92. The Morgan fingerprint density at radius 2 is 1.80 bits per heavy atom. The molecule has 0 bridgehead atoms. The minimum Gasteiger partial charge on any atom is -0.429 e. The molecule has 0 saturated carbocycles. The third-order valence-electron chi connectivity index (χ3n) is 3.36. The lowest BCUT2D eigenvalue weighted by atomic mass is 10.0. The van der Waals surface area contributed by atoms with Crippen LogP contribution in [0.4, 0.5) is 0 Å². The maximum Gasteiger partial charge on any atom is 0.341 e. The van der Waals surface area contributed by atoms with Crippen LogP contribution in [0.25, 0.3) is 0 Å². The Morgan fingerprint density at radius 3 is 2.40 bits per heavy atom. The van der Waals surface area contributed by atoms with Crippen LogP contribution in [0.5, 0.6) is 0 Å². The molecule has 2 rings (SSSR count). The summed E-state index contributed by atoms with van der Waals surface area (Å²) in [6.07, 6.45) is -5.37. The van der Waals surface area contributed by atoms with Crippen LogP contribution in [0.3, 0.4) is 0 Å². The van der Waals surface area contributed by atoms with Crippen molar-refractivity contribution in [2.45, 2.75) is 38.4 Å². The van der Waals surface area contributed by atoms with Gasteiger partial charge in [0, 0.05) is 0 Å². The summed E-state index contributed by atoms with van der Waals surface area (Å²) in [5.74, 6) is -0.631. The Hall–Kier alpha value is -1.47. The molecule has 1 aromatic carbocycles. The number of hydrogen-bond acceptors (Lipinski definition) is 6. The molecule has 20 heavy (non-hydrogen) atoms. The zero-order chi connectivity index (χ0) is 14.9. The number of aryl methyl sites for hydroxylation is 2. The molecule has 0 aromatic heterocycles. The number of carbonyl (C=O) groups excluding carboxylic acids is 1. The third kappa shape index (κ3) is 2.83. The number of benzene rings is 1. The zero-order valence-corrected chi connectivity index (χ0v) is 11.3. The fourth-order valence-electron chi connectivity index (χ4n) is 2.18. The first-order valence-electron chi connectivity index (χ1n) is 6.35. The third-order valence-corrected chi connectivity index (χ3v) is 3.36. The number of ether oxygens (including phenoxy) is 2. The molecule has 0 amide bonds. The van der Waals surface area contributed by atoms with Crippen molar-refractivity contribution in [3.63, 3.8) is 0 Å². The predicted octanol–water partition coefficient (Wildman–Crippen LogP) is -0.101. The number of esters is 1. The lowest BCUT2D eigenvalue weighted by molar-refractivity contribution is -0.251. The first kappa shape index (κ1) is 14.9. The van der Waals surface area contributed by atoms with Crippen LogP contribution in [0.15, 0.2) is 18.2 Å². The van der Waals surface area contributed by atoms with Crippen LogP contribution in [-0.4, -0.2) is 52.5 Å². The molecule has 4 atom stereocenters. The standard InChI is InChI=1S/C14H18O6/c1-7-4-3-5-8(2)10(7)13(18)20-14-12(17)11(16)9(15)6-19-14/h3-5,9,11-12,14-17H,6H2,1-2H3/t9-,11+,12-,14+/m1/s1. The largest absolute Gasteiger partial charge is 0.429 e. The summed E-state index contributed by atoms with van der Waals surface area (Å²) in [4.78, 5) is 12.1. The summed E-state index contributed by atoms with van der Waals surface area (Å²) < 4.78 is 10.1. The van der Waals surface area contributed by atoms with Crippen molar-refractivity contribution >= 4 is 5.97 Å². The number of aliphatic hydroxyl groups is 3. The van der Waals surface area contributed by atoms with E-state index in [1.165, 1.54) is 0 Å². The molecule has 1 aromatic rings. The van der Waals surface area contributed by atoms with Crippen LogP contribution < -0.4 is 0 Å². The van der Waals surface area contributed by atoms with Gasteiger partial charge in [-0.1, -0.05) is 18.2 Å². The Morgan fingerprint density at radius 1 is 1.20 bits per heavy atom. The minimum atomic E-state index is -1.48. The molecule has 0 unspecified atom stereocenters. The maximum absolute atomic E-state index is 12.1. The predicted molar refractivity (Wildman–Crippen MR) is 69.1 cm³/mol. The second-order valence-electron chi connectivity index (χ2n) is 4.92. The summed E-state index contributed by atoms with van der Waals surface area (Å²) in [7, 11) is 0. The van der Waals surface area contributed by atoms with Gasteiger partial charge in [0.25, 0.3) is 0 Å². The number of rotatable bonds is 2. The van der Waals surface area contributed by atoms with E-state index < -0.39 is 30.6 Å². The summed E-state index contributed by atoms with van der Waals surface area (Å²) in [6, 6.07) is 5.38. The van der Waals surface area contributed by atoms with Gasteiger partial charge in [-0.05, 0) is 25.0 Å². The fourth-order valence-corrected chi connectivity index (χ4v) is 2.18. The van der Waals surface area contributed by atoms with E-state index in [1.807, 2.05) is 6.07 Å². The van der Waals surface area contributed by atoms with E-state index in [9.17, 15) is 20.1 Å². The molecule has 3 N–H and O–H groups in total. The van der Waals surface area contributed by atoms with Gasteiger partial charge in [0.1, 0.15) is 18.3 Å². The molecular weight excluding hydrogens is 264 g/mol. The van der Waals surface area contributed by atoms with Crippen molar-refractivity contribution in [1.82, 2.24) is 0 Å². The van der Waals surface area contributed by atoms with E-state index in [-0.39, 0.29) is 6.61 Å². The van der Waals surface area contributed by atoms with Gasteiger partial charge in [0.15, 0.2) is 0 Å². The van der Waals surface area contributed by atoms with Crippen LogP contribution in [0, 0.1) is 13.8 Å². The normalized spacial score (nSPS) is 30.1. The average molecular weight is 282 g/mol. The van der Waals surface area contributed by atoms with E-state index in [4.69, 9.17) is 9.47 Å². The van der Waals surface area contributed by atoms with E-state index in [1.54, 1.807) is 26.0 Å². The van der Waals surface area contributed by atoms with E-state index in [0.29, 0.717) is 5.56 Å². The number of hydrogen-bond donors (Lipinski definition) is 3. The highest BCUT2D eigenvalue weighted by Crippen LogP contribution is 2.20. The van der Waals surface area contributed by atoms with Crippen molar-refractivity contribution in [3.05, 3.63) is 34.9 Å². The quantitative estimate of drug-likeness (QED) is 0.656. The molecule has 1 aliphatic heterocycles. The van der Waals surface area contributed by atoms with E-state index in [0.717, 1.165) is 11.1 Å². The van der Waals surface area contributed by atoms with Crippen LogP contribution >= 0.6 is 0 Å². The second kappa shape index (κ2) is 5.88. The average Bonchev–Trinajstić information content (AvgIpc) is 2.39. The van der Waals surface area contributed by atoms with Gasteiger partial charge in [-0.2, -0.15) is 0 Å². The van der Waals surface area contributed by atoms with Gasteiger partial charge in [-0.15, -0.1) is 0 Å². The molecule has 1 saturated heterocycles. The van der Waals surface area contributed by atoms with Gasteiger partial charge in [-0.3, -0.25) is 0 Å². The summed E-state index contributed by atoms with van der Waals surface area (Å²) in [5, 5.41) is 28.6. The Labute approximate surface area is 116 Å². The molecule has 110 valence electrons. The topological polar surface area (TPSA) is 96.2 Å². The molecule has 6 nitrogen and oxygen atoms in total. The molecule has 6 heteroatoms. The Kier molecular flexibility index (Phi) is 4.39. The lowest BCUT2D eigenvalue weighted by Gasteiger charge is -2.34. The molecule has 1 heterocycles. The van der Waals surface area contributed by atoms with Gasteiger partial charge < -0.3 is 24.8 Å². The molecule has 1 aliphatic rings. The van der Waals surface area contributed by atoms with E-state index in [2.05, 4.69) is 0 Å². The maximum atomic E-state index is 12.1. The van der Waals surface area contributed by atoms with Gasteiger partial charge in [0.2, 0.25) is 6.29 Å². The van der Waals surface area contributed by atoms with Crippen molar-refractivity contribution in [1.29, 1.82) is 0 Å². The molecule has 0 radical (unpaired) electrons. The van der Waals surface area contributed by atoms with Crippen molar-refractivity contribution in [3.8, 4) is 0 Å². The highest BCUT2D eigenvalue weighted by Gasteiger charge is 2.40. The number of carbonyl (C=O) groups is 1. The highest BCUT2D eigenvalue weighted by molar-refractivity contribution is 5.92.